The van der Waals surface area contributed by atoms with Crippen LogP contribution in [-0.2, 0) is 9.47 Å². The molecule has 102 valence electrons. The average Bonchev–Trinajstić information content (AvgIpc) is 2.70. The van der Waals surface area contributed by atoms with Crippen LogP contribution in [0.1, 0.15) is 39.5 Å². The molecule has 1 rings (SSSR count). The van der Waals surface area contributed by atoms with E-state index in [-0.39, 0.29) is 25.4 Å². The first kappa shape index (κ1) is 14.9. The van der Waals surface area contributed by atoms with Gasteiger partial charge in [0.15, 0.2) is 0 Å². The second kappa shape index (κ2) is 8.03. The van der Waals surface area contributed by atoms with Gasteiger partial charge in [0.25, 0.3) is 0 Å². The normalized spacial score (nSPS) is 30.7. The third-order valence-corrected chi connectivity index (χ3v) is 3.47. The molecule has 1 aliphatic rings. The minimum absolute atomic E-state index is 0.0898. The fraction of sp³-hybridized carbons (Fsp3) is 1.00. The van der Waals surface area contributed by atoms with Gasteiger partial charge in [0.1, 0.15) is 18.3 Å². The van der Waals surface area contributed by atoms with E-state index in [0.29, 0.717) is 12.5 Å². The molecule has 1 unspecified atom stereocenters. The quantitative estimate of drug-likeness (QED) is 0.678. The summed E-state index contributed by atoms with van der Waals surface area (Å²) in [5.74, 6) is 0.544. The van der Waals surface area contributed by atoms with Crippen molar-refractivity contribution >= 4 is 0 Å². The molecule has 0 spiro atoms. The first-order chi connectivity index (χ1) is 8.22. The van der Waals surface area contributed by atoms with E-state index in [1.807, 2.05) is 0 Å². The maximum absolute atomic E-state index is 9.69. The van der Waals surface area contributed by atoms with E-state index in [9.17, 15) is 5.11 Å². The number of ether oxygens (including phenoxy) is 2. The van der Waals surface area contributed by atoms with Crippen molar-refractivity contribution in [3.63, 3.8) is 0 Å². The first-order valence-corrected chi connectivity index (χ1v) is 6.75. The van der Waals surface area contributed by atoms with Crippen LogP contribution in [0.2, 0.25) is 0 Å². The van der Waals surface area contributed by atoms with Crippen molar-refractivity contribution < 1.29 is 19.7 Å². The van der Waals surface area contributed by atoms with Crippen molar-refractivity contribution in [2.75, 3.05) is 19.8 Å². The molecular weight excluding hydrogens is 220 g/mol. The first-order valence-electron chi connectivity index (χ1n) is 6.75. The molecule has 2 N–H and O–H groups in total. The fourth-order valence-corrected chi connectivity index (χ4v) is 2.18. The molecule has 17 heavy (non-hydrogen) atoms. The van der Waals surface area contributed by atoms with E-state index in [2.05, 4.69) is 13.8 Å². The predicted octanol–water partition coefficient (Wildman–Crippen LogP) is 1.34. The van der Waals surface area contributed by atoms with E-state index < -0.39 is 6.10 Å². The standard InChI is InChI=1S/C13H26O4/c1-3-5-6-10(4-2)8-17-13-11(15)9-16-12(13)7-14/h10-15H,3-9H2,1-2H3/t10?,11-,12+,13+/m1/s1. The highest BCUT2D eigenvalue weighted by Gasteiger charge is 2.36. The lowest BCUT2D eigenvalue weighted by Gasteiger charge is -2.22. The number of hydrogen-bond acceptors (Lipinski definition) is 4. The molecule has 4 nitrogen and oxygen atoms in total. The summed E-state index contributed by atoms with van der Waals surface area (Å²) in [6, 6.07) is 0. The van der Waals surface area contributed by atoms with Crippen molar-refractivity contribution in [3.05, 3.63) is 0 Å². The molecule has 1 heterocycles. The minimum atomic E-state index is -0.601. The van der Waals surface area contributed by atoms with E-state index in [1.54, 1.807) is 0 Å². The number of unbranched alkanes of at least 4 members (excludes halogenated alkanes) is 1. The van der Waals surface area contributed by atoms with Crippen LogP contribution >= 0.6 is 0 Å². The second-order valence-electron chi connectivity index (χ2n) is 4.84. The Labute approximate surface area is 104 Å². The van der Waals surface area contributed by atoms with Gasteiger partial charge in [0.05, 0.1) is 19.8 Å². The Morgan fingerprint density at radius 1 is 1.41 bits per heavy atom. The number of aliphatic hydroxyl groups is 2. The average molecular weight is 246 g/mol. The van der Waals surface area contributed by atoms with Gasteiger partial charge in [0.2, 0.25) is 0 Å². The molecule has 1 fully saturated rings. The molecule has 0 saturated carbocycles. The lowest BCUT2D eigenvalue weighted by molar-refractivity contribution is -0.0645. The highest BCUT2D eigenvalue weighted by Crippen LogP contribution is 2.20. The monoisotopic (exact) mass is 246 g/mol. The van der Waals surface area contributed by atoms with Crippen LogP contribution in [0, 0.1) is 5.92 Å². The lowest BCUT2D eigenvalue weighted by atomic mass is 10.0. The fourth-order valence-electron chi connectivity index (χ4n) is 2.18. The zero-order valence-corrected chi connectivity index (χ0v) is 11.0. The molecule has 1 saturated heterocycles. The molecule has 0 amide bonds. The van der Waals surface area contributed by atoms with Crippen LogP contribution in [0.15, 0.2) is 0 Å². The van der Waals surface area contributed by atoms with Crippen LogP contribution in [-0.4, -0.2) is 48.3 Å². The molecule has 0 aliphatic carbocycles. The molecular formula is C13H26O4. The van der Waals surface area contributed by atoms with Gasteiger partial charge in [-0.2, -0.15) is 0 Å². The molecule has 0 aromatic heterocycles. The Morgan fingerprint density at radius 2 is 2.18 bits per heavy atom. The number of rotatable bonds is 8. The number of aliphatic hydroxyl groups excluding tert-OH is 2. The van der Waals surface area contributed by atoms with Crippen molar-refractivity contribution in [3.8, 4) is 0 Å². The molecule has 1 aliphatic heterocycles. The zero-order chi connectivity index (χ0) is 12.7. The van der Waals surface area contributed by atoms with Crippen LogP contribution in [0.25, 0.3) is 0 Å². The van der Waals surface area contributed by atoms with Crippen molar-refractivity contribution in [2.24, 2.45) is 5.92 Å². The molecule has 4 atom stereocenters. The van der Waals surface area contributed by atoms with Gasteiger partial charge in [-0.25, -0.2) is 0 Å². The topological polar surface area (TPSA) is 58.9 Å². The Morgan fingerprint density at radius 3 is 2.76 bits per heavy atom. The summed E-state index contributed by atoms with van der Waals surface area (Å²) in [6.45, 7) is 5.17. The Bertz CT molecular complexity index is 198. The maximum atomic E-state index is 9.69. The van der Waals surface area contributed by atoms with Gasteiger partial charge in [-0.05, 0) is 12.3 Å². The number of hydrogen-bond donors (Lipinski definition) is 2. The largest absolute Gasteiger partial charge is 0.394 e. The van der Waals surface area contributed by atoms with Crippen LogP contribution < -0.4 is 0 Å². The highest BCUT2D eigenvalue weighted by molar-refractivity contribution is 4.84. The maximum Gasteiger partial charge on any atom is 0.114 e. The van der Waals surface area contributed by atoms with Crippen LogP contribution in [0.5, 0.6) is 0 Å². The van der Waals surface area contributed by atoms with Crippen molar-refractivity contribution in [1.29, 1.82) is 0 Å². The predicted molar refractivity (Wildman–Crippen MR) is 65.9 cm³/mol. The van der Waals surface area contributed by atoms with Crippen LogP contribution in [0.4, 0.5) is 0 Å². The van der Waals surface area contributed by atoms with E-state index >= 15 is 0 Å². The molecule has 4 heteroatoms. The summed E-state index contributed by atoms with van der Waals surface area (Å²) in [7, 11) is 0. The Hall–Kier alpha value is -0.160. The SMILES string of the molecule is CCCCC(CC)CO[C@H]1[C@H](O)CO[C@H]1CO. The van der Waals surface area contributed by atoms with E-state index in [0.717, 1.165) is 6.42 Å². The Kier molecular flexibility index (Phi) is 7.04. The summed E-state index contributed by atoms with van der Waals surface area (Å²) in [5, 5.41) is 18.8. The lowest BCUT2D eigenvalue weighted by Crippen LogP contribution is -2.36. The summed E-state index contributed by atoms with van der Waals surface area (Å²) in [4.78, 5) is 0. The van der Waals surface area contributed by atoms with Gasteiger partial charge in [0, 0.05) is 0 Å². The summed E-state index contributed by atoms with van der Waals surface area (Å²) in [5.41, 5.74) is 0. The van der Waals surface area contributed by atoms with Gasteiger partial charge in [-0.3, -0.25) is 0 Å². The second-order valence-corrected chi connectivity index (χ2v) is 4.84. The third-order valence-electron chi connectivity index (χ3n) is 3.47. The summed E-state index contributed by atoms with van der Waals surface area (Å²) < 4.78 is 11.0. The smallest absolute Gasteiger partial charge is 0.114 e. The van der Waals surface area contributed by atoms with Gasteiger partial charge in [-0.15, -0.1) is 0 Å². The van der Waals surface area contributed by atoms with Gasteiger partial charge < -0.3 is 19.7 Å². The third kappa shape index (κ3) is 4.54. The summed E-state index contributed by atoms with van der Waals surface area (Å²) in [6.07, 6.45) is 3.34. The highest BCUT2D eigenvalue weighted by atomic mass is 16.6. The molecule has 0 aromatic rings. The molecule has 0 aromatic carbocycles. The van der Waals surface area contributed by atoms with Crippen LogP contribution in [0.3, 0.4) is 0 Å². The Balaban J connectivity index is 2.31. The van der Waals surface area contributed by atoms with Gasteiger partial charge in [-0.1, -0.05) is 33.1 Å². The van der Waals surface area contributed by atoms with E-state index in [1.165, 1.54) is 19.3 Å². The zero-order valence-electron chi connectivity index (χ0n) is 11.0. The van der Waals surface area contributed by atoms with Crippen molar-refractivity contribution in [1.82, 2.24) is 0 Å². The molecule has 0 bridgehead atoms. The van der Waals surface area contributed by atoms with Crippen molar-refractivity contribution in [2.45, 2.75) is 57.8 Å². The van der Waals surface area contributed by atoms with Gasteiger partial charge >= 0.3 is 0 Å². The summed E-state index contributed by atoms with van der Waals surface area (Å²) >= 11 is 0. The minimum Gasteiger partial charge on any atom is -0.394 e. The molecule has 0 radical (unpaired) electrons. The van der Waals surface area contributed by atoms with E-state index in [4.69, 9.17) is 14.6 Å².